The summed E-state index contributed by atoms with van der Waals surface area (Å²) in [5, 5.41) is -1.21. The third-order valence-electron chi connectivity index (χ3n) is 6.75. The summed E-state index contributed by atoms with van der Waals surface area (Å²) in [6.07, 6.45) is 2.15. The van der Waals surface area contributed by atoms with Crippen LogP contribution < -0.4 is 4.74 Å². The number of ether oxygens (including phenoxy) is 1. The molecule has 0 spiro atoms. The van der Waals surface area contributed by atoms with Crippen LogP contribution in [0.2, 0.25) is 0 Å². The number of carbonyl (C=O) groups is 1. The standard InChI is InChI=1S/C29H31NO4S/c1-5-26-27(18-22-12-14-24(34-4)15-13-22)30(19-23-10-6-20(2)7-11-23)29(31)28(26)35(32,33)25-16-8-21(3)9-17-25/h5-17,26-28H,1,18-19H2,2-4H3/t26-,27-,28+/m1/s1. The van der Waals surface area contributed by atoms with E-state index in [-0.39, 0.29) is 16.8 Å². The van der Waals surface area contributed by atoms with E-state index in [1.165, 1.54) is 0 Å². The molecule has 0 bridgehead atoms. The molecule has 0 radical (unpaired) electrons. The Hall–Kier alpha value is -3.38. The Morgan fingerprint density at radius 1 is 0.886 bits per heavy atom. The Morgan fingerprint density at radius 3 is 1.97 bits per heavy atom. The highest BCUT2D eigenvalue weighted by Crippen LogP contribution is 2.37. The molecule has 182 valence electrons. The van der Waals surface area contributed by atoms with E-state index in [2.05, 4.69) is 6.58 Å². The summed E-state index contributed by atoms with van der Waals surface area (Å²) >= 11 is 0. The maximum absolute atomic E-state index is 13.8. The molecule has 0 aliphatic carbocycles. The zero-order chi connectivity index (χ0) is 25.2. The first-order valence-corrected chi connectivity index (χ1v) is 13.2. The third-order valence-corrected chi connectivity index (χ3v) is 8.87. The second-order valence-corrected chi connectivity index (χ2v) is 11.2. The van der Waals surface area contributed by atoms with Crippen molar-refractivity contribution in [3.63, 3.8) is 0 Å². The van der Waals surface area contributed by atoms with Crippen molar-refractivity contribution in [2.75, 3.05) is 7.11 Å². The van der Waals surface area contributed by atoms with Crippen molar-refractivity contribution < 1.29 is 17.9 Å². The van der Waals surface area contributed by atoms with E-state index in [1.807, 2.05) is 62.4 Å². The summed E-state index contributed by atoms with van der Waals surface area (Å²) in [5.74, 6) is -0.191. The van der Waals surface area contributed by atoms with Gasteiger partial charge in [0.05, 0.1) is 12.0 Å². The maximum Gasteiger partial charge on any atom is 0.242 e. The lowest BCUT2D eigenvalue weighted by atomic mass is 9.93. The summed E-state index contributed by atoms with van der Waals surface area (Å²) in [6, 6.07) is 22.0. The van der Waals surface area contributed by atoms with Gasteiger partial charge in [0.2, 0.25) is 5.91 Å². The molecular formula is C29H31NO4S. The molecule has 0 N–H and O–H groups in total. The molecule has 1 fully saturated rings. The first-order valence-electron chi connectivity index (χ1n) is 11.7. The van der Waals surface area contributed by atoms with Crippen molar-refractivity contribution in [2.24, 2.45) is 5.92 Å². The van der Waals surface area contributed by atoms with Crippen LogP contribution in [0.15, 0.2) is 90.3 Å². The van der Waals surface area contributed by atoms with Crippen molar-refractivity contribution in [2.45, 2.75) is 43.0 Å². The molecule has 3 aromatic carbocycles. The van der Waals surface area contributed by atoms with E-state index in [9.17, 15) is 13.2 Å². The van der Waals surface area contributed by atoms with Gasteiger partial charge in [-0.1, -0.05) is 65.7 Å². The predicted octanol–water partition coefficient (Wildman–Crippen LogP) is 4.91. The van der Waals surface area contributed by atoms with Crippen LogP contribution >= 0.6 is 0 Å². The van der Waals surface area contributed by atoms with Gasteiger partial charge in [-0.2, -0.15) is 0 Å². The molecule has 1 aliphatic heterocycles. The number of carbonyl (C=O) groups excluding carboxylic acids is 1. The molecule has 5 nitrogen and oxygen atoms in total. The fourth-order valence-corrected chi connectivity index (χ4v) is 6.65. The van der Waals surface area contributed by atoms with Gasteiger partial charge in [0.15, 0.2) is 15.1 Å². The lowest BCUT2D eigenvalue weighted by Gasteiger charge is -2.27. The first-order chi connectivity index (χ1) is 16.7. The van der Waals surface area contributed by atoms with Gasteiger partial charge in [0.1, 0.15) is 5.75 Å². The van der Waals surface area contributed by atoms with Gasteiger partial charge >= 0.3 is 0 Å². The van der Waals surface area contributed by atoms with Crippen LogP contribution in [0.1, 0.15) is 22.3 Å². The maximum atomic E-state index is 13.8. The second kappa shape index (κ2) is 10.1. The van der Waals surface area contributed by atoms with E-state index in [0.717, 1.165) is 28.0 Å². The summed E-state index contributed by atoms with van der Waals surface area (Å²) in [5.41, 5.74) is 4.04. The van der Waals surface area contributed by atoms with Gasteiger partial charge in [-0.25, -0.2) is 8.42 Å². The minimum Gasteiger partial charge on any atom is -0.497 e. The van der Waals surface area contributed by atoms with Gasteiger partial charge in [-0.05, 0) is 55.7 Å². The SMILES string of the molecule is C=C[C@@H]1[C@@H](Cc2ccc(OC)cc2)N(Cc2ccc(C)cc2)C(=O)[C@H]1S(=O)(=O)c1ccc(C)cc1. The first kappa shape index (κ1) is 24.7. The van der Waals surface area contributed by atoms with Crippen LogP contribution in [0.3, 0.4) is 0 Å². The molecule has 1 saturated heterocycles. The molecule has 35 heavy (non-hydrogen) atoms. The molecule has 1 heterocycles. The summed E-state index contributed by atoms with van der Waals surface area (Å²) in [7, 11) is -2.30. The van der Waals surface area contributed by atoms with E-state index in [1.54, 1.807) is 42.4 Å². The Morgan fingerprint density at radius 2 is 1.43 bits per heavy atom. The van der Waals surface area contributed by atoms with Crippen LogP contribution in [-0.2, 0) is 27.6 Å². The average Bonchev–Trinajstić information content (AvgIpc) is 3.12. The predicted molar refractivity (Wildman–Crippen MR) is 138 cm³/mol. The number of nitrogens with zero attached hydrogens (tertiary/aromatic N) is 1. The Kier molecular flexibility index (Phi) is 7.13. The number of likely N-dealkylation sites (tertiary alicyclic amines) is 1. The molecule has 4 rings (SSSR count). The molecule has 1 aliphatic rings. The van der Waals surface area contributed by atoms with Crippen LogP contribution in [0, 0.1) is 19.8 Å². The Bertz CT molecular complexity index is 1300. The normalized spacial score (nSPS) is 20.1. The molecular weight excluding hydrogens is 458 g/mol. The number of benzene rings is 3. The molecule has 0 unspecified atom stereocenters. The largest absolute Gasteiger partial charge is 0.497 e. The lowest BCUT2D eigenvalue weighted by Crippen LogP contribution is -2.37. The molecule has 3 atom stereocenters. The molecule has 0 saturated carbocycles. The minimum atomic E-state index is -3.92. The van der Waals surface area contributed by atoms with E-state index in [4.69, 9.17) is 4.74 Å². The Balaban J connectivity index is 1.74. The number of aryl methyl sites for hydroxylation is 2. The number of hydrogen-bond acceptors (Lipinski definition) is 4. The summed E-state index contributed by atoms with van der Waals surface area (Å²) in [4.78, 5) is 15.7. The number of amides is 1. The fraction of sp³-hybridized carbons (Fsp3) is 0.276. The molecule has 6 heteroatoms. The summed E-state index contributed by atoms with van der Waals surface area (Å²) < 4.78 is 32.7. The van der Waals surface area contributed by atoms with Crippen LogP contribution in [0.25, 0.3) is 0 Å². The lowest BCUT2D eigenvalue weighted by molar-refractivity contribution is -0.129. The van der Waals surface area contributed by atoms with Gasteiger partial charge in [-0.3, -0.25) is 4.79 Å². The number of methoxy groups -OCH3 is 1. The molecule has 3 aromatic rings. The van der Waals surface area contributed by atoms with Crippen molar-refractivity contribution >= 4 is 15.7 Å². The third kappa shape index (κ3) is 5.03. The van der Waals surface area contributed by atoms with E-state index in [0.29, 0.717) is 13.0 Å². The van der Waals surface area contributed by atoms with Gasteiger partial charge < -0.3 is 9.64 Å². The van der Waals surface area contributed by atoms with Gasteiger partial charge in [-0.15, -0.1) is 6.58 Å². The topological polar surface area (TPSA) is 63.7 Å². The number of sulfone groups is 1. The number of rotatable bonds is 8. The van der Waals surface area contributed by atoms with Gasteiger partial charge in [0, 0.05) is 18.5 Å². The van der Waals surface area contributed by atoms with Crippen molar-refractivity contribution in [1.29, 1.82) is 0 Å². The van der Waals surface area contributed by atoms with E-state index >= 15 is 0 Å². The van der Waals surface area contributed by atoms with Gasteiger partial charge in [0.25, 0.3) is 0 Å². The van der Waals surface area contributed by atoms with Crippen LogP contribution in [-0.4, -0.2) is 37.6 Å². The second-order valence-electron chi connectivity index (χ2n) is 9.16. The zero-order valence-electron chi connectivity index (χ0n) is 20.3. The van der Waals surface area contributed by atoms with Crippen molar-refractivity contribution in [3.05, 3.63) is 108 Å². The minimum absolute atomic E-state index is 0.161. The van der Waals surface area contributed by atoms with Crippen LogP contribution in [0.5, 0.6) is 5.75 Å². The zero-order valence-corrected chi connectivity index (χ0v) is 21.2. The highest BCUT2D eigenvalue weighted by atomic mass is 32.2. The van der Waals surface area contributed by atoms with Crippen molar-refractivity contribution in [3.8, 4) is 5.75 Å². The molecule has 1 amide bonds. The molecule has 0 aromatic heterocycles. The fourth-order valence-electron chi connectivity index (χ4n) is 4.73. The van der Waals surface area contributed by atoms with E-state index < -0.39 is 21.0 Å². The Labute approximate surface area is 208 Å². The summed E-state index contributed by atoms with van der Waals surface area (Å²) in [6.45, 7) is 8.20. The van der Waals surface area contributed by atoms with Crippen LogP contribution in [0.4, 0.5) is 0 Å². The average molecular weight is 490 g/mol. The van der Waals surface area contributed by atoms with Crippen molar-refractivity contribution in [1.82, 2.24) is 4.90 Å². The highest BCUT2D eigenvalue weighted by Gasteiger charge is 2.53. The monoisotopic (exact) mass is 489 g/mol. The quantitative estimate of drug-likeness (QED) is 0.422. The highest BCUT2D eigenvalue weighted by molar-refractivity contribution is 7.92. The smallest absolute Gasteiger partial charge is 0.242 e. The number of hydrogen-bond donors (Lipinski definition) is 0.